The van der Waals surface area contributed by atoms with Crippen molar-refractivity contribution in [3.05, 3.63) is 47.8 Å². The first-order valence-corrected chi connectivity index (χ1v) is 9.67. The number of unbranched alkanes of at least 4 members (excludes halogenated alkanes) is 2. The fraction of sp³-hybridized carbons (Fsp3) is 0.545. The van der Waals surface area contributed by atoms with Gasteiger partial charge in [-0.1, -0.05) is 63.8 Å². The number of nitrogens with zero attached hydrogens (tertiary/aromatic N) is 2. The van der Waals surface area contributed by atoms with Crippen LogP contribution in [0, 0.1) is 5.92 Å². The smallest absolute Gasteiger partial charge is 0.159 e. The number of rotatable bonds is 6. The van der Waals surface area contributed by atoms with E-state index in [1.807, 2.05) is 0 Å². The fourth-order valence-electron chi connectivity index (χ4n) is 3.69. The standard InChI is InChI=1S/C22H30N2/c1-3-4-5-6-18-9-13-20(14-10-18)22-23-15-21(16-24-22)19-11-7-17(2)8-12-19/h9-10,13-17,19H,3-8,11-12H2,1-2H3. The molecule has 1 saturated carbocycles. The van der Waals surface area contributed by atoms with Crippen molar-refractivity contribution in [3.63, 3.8) is 0 Å². The van der Waals surface area contributed by atoms with E-state index in [0.29, 0.717) is 5.92 Å². The highest BCUT2D eigenvalue weighted by molar-refractivity contribution is 5.55. The number of hydrogen-bond acceptors (Lipinski definition) is 2. The van der Waals surface area contributed by atoms with Gasteiger partial charge in [0.25, 0.3) is 0 Å². The van der Waals surface area contributed by atoms with Crippen LogP contribution >= 0.6 is 0 Å². The van der Waals surface area contributed by atoms with Crippen molar-refractivity contribution in [3.8, 4) is 11.4 Å². The van der Waals surface area contributed by atoms with E-state index in [4.69, 9.17) is 0 Å². The summed E-state index contributed by atoms with van der Waals surface area (Å²) in [5, 5.41) is 0. The molecular formula is C22H30N2. The molecule has 2 aromatic rings. The van der Waals surface area contributed by atoms with Crippen LogP contribution < -0.4 is 0 Å². The summed E-state index contributed by atoms with van der Waals surface area (Å²) in [4.78, 5) is 9.27. The van der Waals surface area contributed by atoms with Gasteiger partial charge in [-0.25, -0.2) is 9.97 Å². The topological polar surface area (TPSA) is 25.8 Å². The quantitative estimate of drug-likeness (QED) is 0.594. The second-order valence-electron chi connectivity index (χ2n) is 7.45. The Morgan fingerprint density at radius 3 is 2.21 bits per heavy atom. The van der Waals surface area contributed by atoms with Crippen LogP contribution in [0.5, 0.6) is 0 Å². The summed E-state index contributed by atoms with van der Waals surface area (Å²) in [6.45, 7) is 4.61. The van der Waals surface area contributed by atoms with Gasteiger partial charge in [0.15, 0.2) is 5.82 Å². The SMILES string of the molecule is CCCCCc1ccc(-c2ncc(C3CCC(C)CC3)cn2)cc1. The summed E-state index contributed by atoms with van der Waals surface area (Å²) in [6, 6.07) is 8.78. The van der Waals surface area contributed by atoms with Crippen molar-refractivity contribution in [1.82, 2.24) is 9.97 Å². The van der Waals surface area contributed by atoms with Crippen LogP contribution in [0.2, 0.25) is 0 Å². The molecule has 0 radical (unpaired) electrons. The Labute approximate surface area is 146 Å². The maximum absolute atomic E-state index is 4.64. The lowest BCUT2D eigenvalue weighted by Gasteiger charge is -2.25. The Balaban J connectivity index is 1.62. The van der Waals surface area contributed by atoms with E-state index in [2.05, 4.69) is 60.5 Å². The van der Waals surface area contributed by atoms with Crippen molar-refractivity contribution < 1.29 is 0 Å². The average molecular weight is 322 g/mol. The summed E-state index contributed by atoms with van der Waals surface area (Å²) < 4.78 is 0. The van der Waals surface area contributed by atoms with Crippen LogP contribution in [0.25, 0.3) is 11.4 Å². The zero-order chi connectivity index (χ0) is 16.8. The second-order valence-corrected chi connectivity index (χ2v) is 7.45. The summed E-state index contributed by atoms with van der Waals surface area (Å²) in [5.74, 6) is 2.40. The Bertz CT molecular complexity index is 607. The summed E-state index contributed by atoms with van der Waals surface area (Å²) in [7, 11) is 0. The van der Waals surface area contributed by atoms with Gasteiger partial charge in [0.05, 0.1) is 0 Å². The molecule has 3 rings (SSSR count). The normalized spacial score (nSPS) is 20.9. The Hall–Kier alpha value is -1.70. The molecule has 2 heteroatoms. The minimum absolute atomic E-state index is 0.663. The lowest BCUT2D eigenvalue weighted by molar-refractivity contribution is 0.347. The van der Waals surface area contributed by atoms with E-state index in [0.717, 1.165) is 17.3 Å². The molecule has 1 aromatic carbocycles. The summed E-state index contributed by atoms with van der Waals surface area (Å²) >= 11 is 0. The molecule has 2 nitrogen and oxygen atoms in total. The molecule has 0 atom stereocenters. The number of hydrogen-bond donors (Lipinski definition) is 0. The second kappa shape index (κ2) is 8.41. The first-order chi connectivity index (χ1) is 11.8. The van der Waals surface area contributed by atoms with E-state index in [1.165, 1.54) is 62.5 Å². The van der Waals surface area contributed by atoms with Crippen LogP contribution in [0.4, 0.5) is 0 Å². The Morgan fingerprint density at radius 2 is 1.58 bits per heavy atom. The van der Waals surface area contributed by atoms with E-state index in [1.54, 1.807) is 0 Å². The van der Waals surface area contributed by atoms with Gasteiger partial charge >= 0.3 is 0 Å². The minimum Gasteiger partial charge on any atom is -0.236 e. The van der Waals surface area contributed by atoms with Crippen molar-refractivity contribution in [2.75, 3.05) is 0 Å². The van der Waals surface area contributed by atoms with Crippen molar-refractivity contribution >= 4 is 0 Å². The highest BCUT2D eigenvalue weighted by Crippen LogP contribution is 2.35. The molecule has 0 spiro atoms. The number of aryl methyl sites for hydroxylation is 1. The number of benzene rings is 1. The first kappa shape index (κ1) is 17.1. The molecule has 1 aromatic heterocycles. The Kier molecular flexibility index (Phi) is 6.01. The molecule has 1 aliphatic carbocycles. The van der Waals surface area contributed by atoms with Crippen LogP contribution in [-0.2, 0) is 6.42 Å². The van der Waals surface area contributed by atoms with Crippen LogP contribution in [-0.4, -0.2) is 9.97 Å². The highest BCUT2D eigenvalue weighted by atomic mass is 14.9. The van der Waals surface area contributed by atoms with Crippen molar-refractivity contribution in [1.29, 1.82) is 0 Å². The van der Waals surface area contributed by atoms with Gasteiger partial charge in [0.2, 0.25) is 0 Å². The third kappa shape index (κ3) is 4.43. The number of aromatic nitrogens is 2. The third-order valence-corrected chi connectivity index (χ3v) is 5.44. The maximum Gasteiger partial charge on any atom is 0.159 e. The average Bonchev–Trinajstić information content (AvgIpc) is 2.63. The Morgan fingerprint density at radius 1 is 0.917 bits per heavy atom. The summed E-state index contributed by atoms with van der Waals surface area (Å²) in [6.07, 6.45) is 14.4. The molecule has 128 valence electrons. The molecule has 0 saturated heterocycles. The molecular weight excluding hydrogens is 292 g/mol. The van der Waals surface area contributed by atoms with Gasteiger partial charge in [0.1, 0.15) is 0 Å². The summed E-state index contributed by atoms with van der Waals surface area (Å²) in [5.41, 5.74) is 3.86. The third-order valence-electron chi connectivity index (χ3n) is 5.44. The van der Waals surface area contributed by atoms with Gasteiger partial charge in [-0.15, -0.1) is 0 Å². The van der Waals surface area contributed by atoms with E-state index in [-0.39, 0.29) is 0 Å². The molecule has 0 aliphatic heterocycles. The molecule has 0 N–H and O–H groups in total. The van der Waals surface area contributed by atoms with Crippen molar-refractivity contribution in [2.45, 2.75) is 71.1 Å². The molecule has 0 unspecified atom stereocenters. The zero-order valence-corrected chi connectivity index (χ0v) is 15.2. The van der Waals surface area contributed by atoms with Crippen LogP contribution in [0.1, 0.15) is 75.8 Å². The van der Waals surface area contributed by atoms with Gasteiger partial charge in [-0.2, -0.15) is 0 Å². The lowest BCUT2D eigenvalue weighted by atomic mass is 9.80. The zero-order valence-electron chi connectivity index (χ0n) is 15.2. The lowest BCUT2D eigenvalue weighted by Crippen LogP contribution is -2.11. The van der Waals surface area contributed by atoms with Crippen LogP contribution in [0.15, 0.2) is 36.7 Å². The molecule has 24 heavy (non-hydrogen) atoms. The van der Waals surface area contributed by atoms with E-state index in [9.17, 15) is 0 Å². The highest BCUT2D eigenvalue weighted by Gasteiger charge is 2.20. The minimum atomic E-state index is 0.663. The largest absolute Gasteiger partial charge is 0.236 e. The van der Waals surface area contributed by atoms with Crippen LogP contribution in [0.3, 0.4) is 0 Å². The van der Waals surface area contributed by atoms with Gasteiger partial charge < -0.3 is 0 Å². The van der Waals surface area contributed by atoms with E-state index < -0.39 is 0 Å². The molecule has 1 aliphatic rings. The van der Waals surface area contributed by atoms with Gasteiger partial charge in [-0.3, -0.25) is 0 Å². The van der Waals surface area contributed by atoms with Gasteiger partial charge in [0, 0.05) is 18.0 Å². The maximum atomic E-state index is 4.64. The predicted octanol–water partition coefficient (Wildman–Crippen LogP) is 6.17. The van der Waals surface area contributed by atoms with E-state index >= 15 is 0 Å². The monoisotopic (exact) mass is 322 g/mol. The predicted molar refractivity (Wildman–Crippen MR) is 101 cm³/mol. The molecule has 0 bridgehead atoms. The molecule has 1 heterocycles. The van der Waals surface area contributed by atoms with Crippen molar-refractivity contribution in [2.24, 2.45) is 5.92 Å². The molecule has 0 amide bonds. The fourth-order valence-corrected chi connectivity index (χ4v) is 3.69. The molecule has 1 fully saturated rings. The van der Waals surface area contributed by atoms with Gasteiger partial charge in [-0.05, 0) is 48.6 Å². The first-order valence-electron chi connectivity index (χ1n) is 9.67.